The van der Waals surface area contributed by atoms with Crippen LogP contribution in [0.2, 0.25) is 0 Å². The molecule has 1 aliphatic heterocycles. The van der Waals surface area contributed by atoms with E-state index >= 15 is 0 Å². The number of amides is 1. The van der Waals surface area contributed by atoms with Crippen molar-refractivity contribution in [3.05, 3.63) is 29.3 Å². The van der Waals surface area contributed by atoms with E-state index in [2.05, 4.69) is 0 Å². The number of rotatable bonds is 1. The Morgan fingerprint density at radius 3 is 2.47 bits per heavy atom. The summed E-state index contributed by atoms with van der Waals surface area (Å²) in [6.45, 7) is 5.32. The average Bonchev–Trinajstić information content (AvgIpc) is 2.41. The van der Waals surface area contributed by atoms with Gasteiger partial charge in [0.25, 0.3) is 0 Å². The molecule has 1 aliphatic rings. The molecule has 1 unspecified atom stereocenters. The minimum Gasteiger partial charge on any atom is -0.273 e. The number of anilines is 1. The van der Waals surface area contributed by atoms with Crippen LogP contribution in [0.15, 0.2) is 18.2 Å². The monoisotopic (exact) mass is 253 g/mol. The fourth-order valence-corrected chi connectivity index (χ4v) is 3.88. The molecule has 1 amide bonds. The maximum atomic E-state index is 12.0. The largest absolute Gasteiger partial charge is 0.273 e. The quantitative estimate of drug-likeness (QED) is 0.764. The molecule has 1 aromatic carbocycles. The first kappa shape index (κ1) is 12.1. The lowest BCUT2D eigenvalue weighted by Crippen LogP contribution is -2.30. The maximum absolute atomic E-state index is 12.0. The first-order valence-electron chi connectivity index (χ1n) is 5.47. The van der Waals surface area contributed by atoms with Gasteiger partial charge < -0.3 is 0 Å². The van der Waals surface area contributed by atoms with Gasteiger partial charge in [0.05, 0.1) is 17.4 Å². The van der Waals surface area contributed by atoms with E-state index in [1.807, 2.05) is 19.1 Å². The van der Waals surface area contributed by atoms with E-state index in [1.165, 1.54) is 0 Å². The second-order valence-electron chi connectivity index (χ2n) is 4.57. The lowest BCUT2D eigenvalue weighted by molar-refractivity contribution is -0.119. The number of hydrogen-bond acceptors (Lipinski definition) is 3. The highest BCUT2D eigenvalue weighted by Gasteiger charge is 2.42. The molecule has 1 saturated heterocycles. The number of nitrogens with zero attached hydrogens (tertiary/aromatic N) is 1. The predicted molar refractivity (Wildman–Crippen MR) is 66.4 cm³/mol. The Bertz CT molecular complexity index is 577. The molecule has 1 atom stereocenters. The Morgan fingerprint density at radius 2 is 1.94 bits per heavy atom. The third-order valence-corrected chi connectivity index (χ3v) is 4.80. The van der Waals surface area contributed by atoms with Gasteiger partial charge in [0.1, 0.15) is 0 Å². The molecule has 1 aromatic rings. The van der Waals surface area contributed by atoms with Crippen molar-refractivity contribution >= 4 is 21.6 Å². The molecule has 0 saturated carbocycles. The van der Waals surface area contributed by atoms with E-state index in [0.717, 1.165) is 15.4 Å². The van der Waals surface area contributed by atoms with Gasteiger partial charge in [-0.05, 0) is 31.0 Å². The van der Waals surface area contributed by atoms with Gasteiger partial charge in [-0.25, -0.2) is 12.7 Å². The Kier molecular flexibility index (Phi) is 2.73. The summed E-state index contributed by atoms with van der Waals surface area (Å²) >= 11 is 0. The van der Waals surface area contributed by atoms with Gasteiger partial charge in [0, 0.05) is 0 Å². The molecular weight excluding hydrogens is 238 g/mol. The summed E-state index contributed by atoms with van der Waals surface area (Å²) in [6, 6.07) is 5.47. The number of benzene rings is 1. The van der Waals surface area contributed by atoms with Crippen LogP contribution < -0.4 is 4.31 Å². The standard InChI is InChI=1S/C12H15NO3S/c1-8-4-5-9(2)11(6-8)13-12(14)10(3)7-17(13,15)16/h4-6,10H,7H2,1-3H3. The summed E-state index contributed by atoms with van der Waals surface area (Å²) in [6.07, 6.45) is 0. The Hall–Kier alpha value is -1.36. The fourth-order valence-electron chi connectivity index (χ4n) is 2.01. The number of carbonyl (C=O) groups is 1. The van der Waals surface area contributed by atoms with Crippen molar-refractivity contribution in [2.24, 2.45) is 5.92 Å². The van der Waals surface area contributed by atoms with Crippen LogP contribution in [0.1, 0.15) is 18.1 Å². The summed E-state index contributed by atoms with van der Waals surface area (Å²) in [7, 11) is -3.49. The molecule has 5 heteroatoms. The van der Waals surface area contributed by atoms with Crippen molar-refractivity contribution in [1.82, 2.24) is 0 Å². The van der Waals surface area contributed by atoms with Crippen molar-refractivity contribution in [1.29, 1.82) is 0 Å². The van der Waals surface area contributed by atoms with Crippen LogP contribution in [0.3, 0.4) is 0 Å². The van der Waals surface area contributed by atoms with Gasteiger partial charge in [-0.3, -0.25) is 4.79 Å². The van der Waals surface area contributed by atoms with E-state index in [9.17, 15) is 13.2 Å². The van der Waals surface area contributed by atoms with E-state index in [0.29, 0.717) is 5.69 Å². The zero-order valence-electron chi connectivity index (χ0n) is 10.1. The van der Waals surface area contributed by atoms with E-state index in [4.69, 9.17) is 0 Å². The van der Waals surface area contributed by atoms with E-state index in [-0.39, 0.29) is 11.7 Å². The number of carbonyl (C=O) groups excluding carboxylic acids is 1. The molecule has 1 fully saturated rings. The highest BCUT2D eigenvalue weighted by molar-refractivity contribution is 7.94. The first-order chi connectivity index (χ1) is 7.83. The molecule has 0 radical (unpaired) electrons. The zero-order chi connectivity index (χ0) is 12.8. The Labute approximate surface area is 101 Å². The van der Waals surface area contributed by atoms with Gasteiger partial charge in [-0.1, -0.05) is 19.1 Å². The number of sulfonamides is 1. The fraction of sp³-hybridized carbons (Fsp3) is 0.417. The first-order valence-corrected chi connectivity index (χ1v) is 7.08. The van der Waals surface area contributed by atoms with Crippen LogP contribution in [0.4, 0.5) is 5.69 Å². The molecule has 0 bridgehead atoms. The molecule has 4 nitrogen and oxygen atoms in total. The SMILES string of the molecule is Cc1ccc(C)c(N2C(=O)C(C)CS2(=O)=O)c1. The maximum Gasteiger partial charge on any atom is 0.244 e. The second kappa shape index (κ2) is 3.84. The highest BCUT2D eigenvalue weighted by atomic mass is 32.2. The third-order valence-electron chi connectivity index (χ3n) is 2.94. The van der Waals surface area contributed by atoms with Crippen molar-refractivity contribution < 1.29 is 13.2 Å². The van der Waals surface area contributed by atoms with Crippen LogP contribution in [0.25, 0.3) is 0 Å². The van der Waals surface area contributed by atoms with Crippen molar-refractivity contribution in [2.75, 3.05) is 10.1 Å². The molecule has 0 spiro atoms. The Morgan fingerprint density at radius 1 is 1.29 bits per heavy atom. The highest BCUT2D eigenvalue weighted by Crippen LogP contribution is 2.31. The van der Waals surface area contributed by atoms with Crippen LogP contribution in [-0.4, -0.2) is 20.1 Å². The van der Waals surface area contributed by atoms with Gasteiger partial charge in [-0.15, -0.1) is 0 Å². The molecule has 17 heavy (non-hydrogen) atoms. The van der Waals surface area contributed by atoms with Crippen molar-refractivity contribution in [3.8, 4) is 0 Å². The molecule has 0 N–H and O–H groups in total. The summed E-state index contributed by atoms with van der Waals surface area (Å²) in [5, 5.41) is 0. The lowest BCUT2D eigenvalue weighted by atomic mass is 10.1. The van der Waals surface area contributed by atoms with Crippen LogP contribution in [0, 0.1) is 19.8 Å². The number of aryl methyl sites for hydroxylation is 2. The van der Waals surface area contributed by atoms with Gasteiger partial charge in [0.2, 0.25) is 15.9 Å². The molecule has 1 heterocycles. The molecule has 0 aromatic heterocycles. The van der Waals surface area contributed by atoms with Gasteiger partial charge >= 0.3 is 0 Å². The van der Waals surface area contributed by atoms with Crippen molar-refractivity contribution in [3.63, 3.8) is 0 Å². The minimum atomic E-state index is -3.49. The van der Waals surface area contributed by atoms with Crippen LogP contribution >= 0.6 is 0 Å². The average molecular weight is 253 g/mol. The minimum absolute atomic E-state index is 0.0980. The van der Waals surface area contributed by atoms with Crippen molar-refractivity contribution in [2.45, 2.75) is 20.8 Å². The zero-order valence-corrected chi connectivity index (χ0v) is 10.9. The number of hydrogen-bond donors (Lipinski definition) is 0. The predicted octanol–water partition coefficient (Wildman–Crippen LogP) is 1.62. The topological polar surface area (TPSA) is 54.5 Å². The summed E-state index contributed by atoms with van der Waals surface area (Å²) < 4.78 is 24.9. The molecule has 2 rings (SSSR count). The van der Waals surface area contributed by atoms with Crippen LogP contribution in [-0.2, 0) is 14.8 Å². The summed E-state index contributed by atoms with van der Waals surface area (Å²) in [4.78, 5) is 11.9. The van der Waals surface area contributed by atoms with E-state index < -0.39 is 15.9 Å². The van der Waals surface area contributed by atoms with Crippen LogP contribution in [0.5, 0.6) is 0 Å². The van der Waals surface area contributed by atoms with Gasteiger partial charge in [0.15, 0.2) is 0 Å². The lowest BCUT2D eigenvalue weighted by Gasteiger charge is -2.18. The smallest absolute Gasteiger partial charge is 0.244 e. The van der Waals surface area contributed by atoms with E-state index in [1.54, 1.807) is 19.9 Å². The van der Waals surface area contributed by atoms with Gasteiger partial charge in [-0.2, -0.15) is 0 Å². The third kappa shape index (κ3) is 1.95. The second-order valence-corrected chi connectivity index (χ2v) is 6.43. The molecular formula is C12H15NO3S. The Balaban J connectivity index is 2.60. The molecule has 92 valence electrons. The normalized spacial score (nSPS) is 23.1. The summed E-state index contributed by atoms with van der Waals surface area (Å²) in [5.41, 5.74) is 2.22. The molecule has 0 aliphatic carbocycles. The summed E-state index contributed by atoms with van der Waals surface area (Å²) in [5.74, 6) is -0.891.